The molecule has 0 bridgehead atoms. The van der Waals surface area contributed by atoms with Crippen molar-refractivity contribution in [2.75, 3.05) is 13.2 Å². The first-order valence-electron chi connectivity index (χ1n) is 2.71. The lowest BCUT2D eigenvalue weighted by atomic mass is 10.2. The first-order valence-corrected chi connectivity index (χ1v) is 2.71. The highest BCUT2D eigenvalue weighted by molar-refractivity contribution is 4.50. The van der Waals surface area contributed by atoms with E-state index in [1.165, 1.54) is 0 Å². The zero-order chi connectivity index (χ0) is 6.41. The lowest BCUT2D eigenvalue weighted by Crippen LogP contribution is -2.11. The topological polar surface area (TPSA) is 92.2 Å². The van der Waals surface area contributed by atoms with Crippen LogP contribution in [0.4, 0.5) is 0 Å². The predicted molar refractivity (Wildman–Crippen MR) is 33.0 cm³/mol. The summed E-state index contributed by atoms with van der Waals surface area (Å²) in [7, 11) is 0. The second-order valence-electron chi connectivity index (χ2n) is 1.70. The molecule has 4 nitrogen and oxygen atoms in total. The van der Waals surface area contributed by atoms with Crippen LogP contribution in [0.3, 0.4) is 0 Å². The van der Waals surface area contributed by atoms with E-state index in [1.54, 1.807) is 0 Å². The monoisotopic (exact) mass is 138 g/mol. The van der Waals surface area contributed by atoms with Crippen LogP contribution in [0.5, 0.6) is 0 Å². The molecule has 0 aliphatic carbocycles. The molecular formula is C5H14O4. The Kier molecular flexibility index (Phi) is 10.1. The fourth-order valence-corrected chi connectivity index (χ4v) is 0.418. The van der Waals surface area contributed by atoms with Crippen molar-refractivity contribution in [3.05, 3.63) is 0 Å². The van der Waals surface area contributed by atoms with Crippen molar-refractivity contribution < 1.29 is 20.8 Å². The van der Waals surface area contributed by atoms with Gasteiger partial charge in [-0.1, -0.05) is 0 Å². The normalized spacial score (nSPS) is 12.3. The molecule has 4 heteroatoms. The molecule has 5 N–H and O–H groups in total. The molecule has 0 spiro atoms. The van der Waals surface area contributed by atoms with Crippen LogP contribution in [0.25, 0.3) is 0 Å². The van der Waals surface area contributed by atoms with Crippen molar-refractivity contribution in [3.8, 4) is 0 Å². The van der Waals surface area contributed by atoms with E-state index in [4.69, 9.17) is 15.3 Å². The maximum Gasteiger partial charge on any atom is 0.0771 e. The number of hydrogen-bond acceptors (Lipinski definition) is 3. The van der Waals surface area contributed by atoms with Gasteiger partial charge in [0.2, 0.25) is 0 Å². The number of aliphatic hydroxyl groups excluding tert-OH is 3. The Morgan fingerprint density at radius 2 is 1.78 bits per heavy atom. The van der Waals surface area contributed by atoms with Gasteiger partial charge in [0.15, 0.2) is 0 Å². The Hall–Kier alpha value is -0.160. The van der Waals surface area contributed by atoms with Crippen molar-refractivity contribution in [3.63, 3.8) is 0 Å². The van der Waals surface area contributed by atoms with Crippen LogP contribution in [0.1, 0.15) is 12.8 Å². The summed E-state index contributed by atoms with van der Waals surface area (Å²) in [6.07, 6.45) is 0.386. The maximum absolute atomic E-state index is 8.63. The number of rotatable bonds is 4. The summed E-state index contributed by atoms with van der Waals surface area (Å²) in [6.45, 7) is -0.128. The average Bonchev–Trinajstić information content (AvgIpc) is 1.83. The highest BCUT2D eigenvalue weighted by atomic mass is 16.3. The SMILES string of the molecule is O.OCCCC(O)CO. The minimum Gasteiger partial charge on any atom is -0.412 e. The molecule has 1 unspecified atom stereocenters. The van der Waals surface area contributed by atoms with Crippen LogP contribution in [-0.2, 0) is 0 Å². The van der Waals surface area contributed by atoms with E-state index < -0.39 is 6.10 Å². The van der Waals surface area contributed by atoms with Crippen molar-refractivity contribution in [2.45, 2.75) is 18.9 Å². The summed E-state index contributed by atoms with van der Waals surface area (Å²) < 4.78 is 0. The highest BCUT2D eigenvalue weighted by Crippen LogP contribution is 1.92. The van der Waals surface area contributed by atoms with Gasteiger partial charge in [0, 0.05) is 6.61 Å². The van der Waals surface area contributed by atoms with E-state index in [0.717, 1.165) is 0 Å². The second-order valence-corrected chi connectivity index (χ2v) is 1.70. The Morgan fingerprint density at radius 1 is 1.22 bits per heavy atom. The minimum atomic E-state index is -0.651. The van der Waals surface area contributed by atoms with Crippen LogP contribution >= 0.6 is 0 Å². The zero-order valence-corrected chi connectivity index (χ0v) is 5.25. The fourth-order valence-electron chi connectivity index (χ4n) is 0.418. The molecule has 0 saturated carbocycles. The zero-order valence-electron chi connectivity index (χ0n) is 5.25. The molecule has 0 fully saturated rings. The predicted octanol–water partition coefficient (Wildman–Crippen LogP) is -1.71. The van der Waals surface area contributed by atoms with E-state index in [9.17, 15) is 0 Å². The van der Waals surface area contributed by atoms with Gasteiger partial charge in [-0.3, -0.25) is 0 Å². The molecule has 1 atom stereocenters. The Morgan fingerprint density at radius 3 is 2.11 bits per heavy atom. The molecule has 0 aromatic heterocycles. The van der Waals surface area contributed by atoms with Gasteiger partial charge in [-0.2, -0.15) is 0 Å². The standard InChI is InChI=1S/C5H12O3.H2O/c6-3-1-2-5(8)4-7;/h5-8H,1-4H2;1H2. The van der Waals surface area contributed by atoms with Gasteiger partial charge in [0.1, 0.15) is 0 Å². The molecule has 0 amide bonds. The molecule has 0 aliphatic rings. The number of aliphatic hydroxyl groups is 3. The molecule has 58 valence electrons. The molecule has 0 saturated heterocycles. The molecule has 0 rings (SSSR count). The van der Waals surface area contributed by atoms with E-state index in [1.807, 2.05) is 0 Å². The molecular weight excluding hydrogens is 124 g/mol. The summed E-state index contributed by atoms with van der Waals surface area (Å²) in [5.41, 5.74) is 0. The smallest absolute Gasteiger partial charge is 0.0771 e. The van der Waals surface area contributed by atoms with Gasteiger partial charge in [-0.05, 0) is 12.8 Å². The average molecular weight is 138 g/mol. The van der Waals surface area contributed by atoms with Crippen molar-refractivity contribution >= 4 is 0 Å². The highest BCUT2D eigenvalue weighted by Gasteiger charge is 1.98. The van der Waals surface area contributed by atoms with Gasteiger partial charge in [0.05, 0.1) is 12.7 Å². The molecule has 0 heterocycles. The summed E-state index contributed by atoms with van der Waals surface area (Å²) in [6, 6.07) is 0. The summed E-state index contributed by atoms with van der Waals surface area (Å²) in [4.78, 5) is 0. The molecule has 0 radical (unpaired) electrons. The van der Waals surface area contributed by atoms with Crippen LogP contribution in [0.2, 0.25) is 0 Å². The van der Waals surface area contributed by atoms with Gasteiger partial charge in [-0.15, -0.1) is 0 Å². The first kappa shape index (κ1) is 11.6. The minimum absolute atomic E-state index is 0. The third kappa shape index (κ3) is 7.84. The van der Waals surface area contributed by atoms with Crippen LogP contribution in [-0.4, -0.2) is 40.1 Å². The maximum atomic E-state index is 8.63. The molecule has 0 aliphatic heterocycles. The Bertz CT molecular complexity index is 48.2. The lowest BCUT2D eigenvalue weighted by Gasteiger charge is -2.02. The van der Waals surface area contributed by atoms with Crippen molar-refractivity contribution in [2.24, 2.45) is 0 Å². The largest absolute Gasteiger partial charge is 0.412 e. The summed E-state index contributed by atoms with van der Waals surface area (Å²) in [5.74, 6) is 0. The van der Waals surface area contributed by atoms with E-state index in [2.05, 4.69) is 0 Å². The molecule has 9 heavy (non-hydrogen) atoms. The van der Waals surface area contributed by atoms with Crippen molar-refractivity contribution in [1.29, 1.82) is 0 Å². The summed E-state index contributed by atoms with van der Waals surface area (Å²) >= 11 is 0. The third-order valence-corrected chi connectivity index (χ3v) is 0.906. The first-order chi connectivity index (χ1) is 3.81. The fraction of sp³-hybridized carbons (Fsp3) is 1.00. The van der Waals surface area contributed by atoms with Gasteiger partial charge in [-0.25, -0.2) is 0 Å². The van der Waals surface area contributed by atoms with Gasteiger partial charge in [0.25, 0.3) is 0 Å². The number of hydrogen-bond donors (Lipinski definition) is 3. The van der Waals surface area contributed by atoms with Crippen LogP contribution in [0.15, 0.2) is 0 Å². The van der Waals surface area contributed by atoms with Crippen LogP contribution < -0.4 is 0 Å². The molecule has 0 aromatic carbocycles. The van der Waals surface area contributed by atoms with Gasteiger partial charge >= 0.3 is 0 Å². The van der Waals surface area contributed by atoms with Crippen LogP contribution in [0, 0.1) is 0 Å². The summed E-state index contributed by atoms with van der Waals surface area (Å²) in [5, 5.41) is 25.1. The second kappa shape index (κ2) is 7.84. The lowest BCUT2D eigenvalue weighted by molar-refractivity contribution is 0.0817. The van der Waals surface area contributed by atoms with E-state index in [0.29, 0.717) is 12.8 Å². The van der Waals surface area contributed by atoms with E-state index >= 15 is 0 Å². The van der Waals surface area contributed by atoms with Crippen molar-refractivity contribution in [1.82, 2.24) is 0 Å². The third-order valence-electron chi connectivity index (χ3n) is 0.906. The Balaban J connectivity index is 0. The Labute approximate surface area is 54.1 Å². The van der Waals surface area contributed by atoms with Gasteiger partial charge < -0.3 is 20.8 Å². The quantitative estimate of drug-likeness (QED) is 0.431. The molecule has 0 aromatic rings. The van der Waals surface area contributed by atoms with E-state index in [-0.39, 0.29) is 18.7 Å².